The molecule has 0 bridgehead atoms. The molecule has 0 saturated carbocycles. The molecule has 1 atom stereocenters. The molecule has 19 heavy (non-hydrogen) atoms. The van der Waals surface area contributed by atoms with Gasteiger partial charge in [-0.1, -0.05) is 28.9 Å². The maximum absolute atomic E-state index is 12.4. The fraction of sp³-hybridized carbons (Fsp3) is 0.308. The van der Waals surface area contributed by atoms with Crippen LogP contribution in [-0.4, -0.2) is 38.9 Å². The van der Waals surface area contributed by atoms with Crippen LogP contribution in [0.15, 0.2) is 36.7 Å². The lowest BCUT2D eigenvalue weighted by Gasteiger charge is -2.17. The van der Waals surface area contributed by atoms with Crippen molar-refractivity contribution in [2.75, 3.05) is 13.1 Å². The Morgan fingerprint density at radius 3 is 2.95 bits per heavy atom. The van der Waals surface area contributed by atoms with Crippen LogP contribution in [0.25, 0.3) is 0 Å². The van der Waals surface area contributed by atoms with Crippen molar-refractivity contribution in [2.24, 2.45) is 0 Å². The summed E-state index contributed by atoms with van der Waals surface area (Å²) in [5.74, 6) is -0.0202. The fourth-order valence-corrected chi connectivity index (χ4v) is 2.58. The minimum absolute atomic E-state index is 0.0202. The van der Waals surface area contributed by atoms with Crippen LogP contribution in [0, 0.1) is 0 Å². The van der Waals surface area contributed by atoms with Crippen LogP contribution >= 0.6 is 11.6 Å². The molecule has 1 fully saturated rings. The average molecular weight is 277 g/mol. The maximum atomic E-state index is 12.4. The van der Waals surface area contributed by atoms with Crippen molar-refractivity contribution in [3.63, 3.8) is 0 Å². The van der Waals surface area contributed by atoms with Crippen molar-refractivity contribution >= 4 is 17.5 Å². The summed E-state index contributed by atoms with van der Waals surface area (Å²) in [4.78, 5) is 14.2. The molecule has 6 heteroatoms. The third-order valence-corrected chi connectivity index (χ3v) is 3.70. The molecule has 2 heterocycles. The van der Waals surface area contributed by atoms with Gasteiger partial charge in [-0.3, -0.25) is 4.79 Å². The summed E-state index contributed by atoms with van der Waals surface area (Å²) in [6, 6.07) is 7.34. The molecule has 5 nitrogen and oxygen atoms in total. The zero-order valence-electron chi connectivity index (χ0n) is 10.2. The molecule has 1 aromatic heterocycles. The van der Waals surface area contributed by atoms with Gasteiger partial charge in [-0.25, -0.2) is 4.68 Å². The third-order valence-electron chi connectivity index (χ3n) is 3.37. The fourth-order valence-electron chi connectivity index (χ4n) is 2.36. The number of hydrogen-bond donors (Lipinski definition) is 0. The number of carbonyl (C=O) groups excluding carboxylic acids is 1. The van der Waals surface area contributed by atoms with Gasteiger partial charge in [-0.05, 0) is 18.6 Å². The Morgan fingerprint density at radius 2 is 2.21 bits per heavy atom. The van der Waals surface area contributed by atoms with Crippen molar-refractivity contribution in [3.8, 4) is 0 Å². The van der Waals surface area contributed by atoms with E-state index < -0.39 is 0 Å². The molecule has 0 aliphatic carbocycles. The van der Waals surface area contributed by atoms with E-state index in [0.29, 0.717) is 23.7 Å². The van der Waals surface area contributed by atoms with E-state index in [9.17, 15) is 4.79 Å². The zero-order valence-corrected chi connectivity index (χ0v) is 11.0. The van der Waals surface area contributed by atoms with E-state index in [1.54, 1.807) is 23.0 Å². The van der Waals surface area contributed by atoms with Gasteiger partial charge in [0.25, 0.3) is 5.91 Å². The third kappa shape index (κ3) is 2.33. The van der Waals surface area contributed by atoms with Crippen LogP contribution in [-0.2, 0) is 0 Å². The lowest BCUT2D eigenvalue weighted by Crippen LogP contribution is -2.29. The highest BCUT2D eigenvalue weighted by Gasteiger charge is 2.29. The summed E-state index contributed by atoms with van der Waals surface area (Å²) in [5, 5.41) is 8.28. The van der Waals surface area contributed by atoms with Crippen molar-refractivity contribution in [3.05, 3.63) is 47.2 Å². The Hall–Kier alpha value is -1.88. The highest BCUT2D eigenvalue weighted by atomic mass is 35.5. The van der Waals surface area contributed by atoms with Gasteiger partial charge in [0.15, 0.2) is 0 Å². The zero-order chi connectivity index (χ0) is 13.2. The van der Waals surface area contributed by atoms with Crippen molar-refractivity contribution < 1.29 is 4.79 Å². The molecule has 0 spiro atoms. The van der Waals surface area contributed by atoms with E-state index in [1.165, 1.54) is 0 Å². The van der Waals surface area contributed by atoms with Crippen molar-refractivity contribution in [1.29, 1.82) is 0 Å². The summed E-state index contributed by atoms with van der Waals surface area (Å²) in [6.07, 6.45) is 4.37. The van der Waals surface area contributed by atoms with Crippen molar-refractivity contribution in [2.45, 2.75) is 12.5 Å². The highest BCUT2D eigenvalue weighted by molar-refractivity contribution is 6.33. The van der Waals surface area contributed by atoms with Gasteiger partial charge < -0.3 is 4.90 Å². The molecule has 1 aliphatic rings. The second kappa shape index (κ2) is 5.01. The first-order valence-corrected chi connectivity index (χ1v) is 6.53. The number of halogens is 1. The van der Waals surface area contributed by atoms with E-state index in [4.69, 9.17) is 11.6 Å². The summed E-state index contributed by atoms with van der Waals surface area (Å²) >= 11 is 6.06. The minimum Gasteiger partial charge on any atom is -0.336 e. The Kier molecular flexibility index (Phi) is 3.21. The van der Waals surface area contributed by atoms with Crippen molar-refractivity contribution in [1.82, 2.24) is 19.9 Å². The summed E-state index contributed by atoms with van der Waals surface area (Å²) < 4.78 is 1.81. The number of nitrogens with zero attached hydrogens (tertiary/aromatic N) is 4. The predicted molar refractivity (Wildman–Crippen MR) is 71.0 cm³/mol. The number of aromatic nitrogens is 3. The molecule has 1 amide bonds. The van der Waals surface area contributed by atoms with Gasteiger partial charge >= 0.3 is 0 Å². The van der Waals surface area contributed by atoms with Gasteiger partial charge in [-0.15, -0.1) is 5.10 Å². The molecule has 3 rings (SSSR count). The smallest absolute Gasteiger partial charge is 0.255 e. The molecule has 1 aromatic carbocycles. The van der Waals surface area contributed by atoms with E-state index >= 15 is 0 Å². The standard InChI is InChI=1S/C13H13ClN4O/c14-12-4-2-1-3-11(12)13(19)17-7-5-10(9-17)18-8-6-15-16-18/h1-4,6,8,10H,5,7,9H2. The topological polar surface area (TPSA) is 51.0 Å². The first-order chi connectivity index (χ1) is 9.25. The Labute approximate surface area is 115 Å². The Balaban J connectivity index is 1.75. The Bertz CT molecular complexity index is 584. The molecular weight excluding hydrogens is 264 g/mol. The maximum Gasteiger partial charge on any atom is 0.255 e. The number of amides is 1. The van der Waals surface area contributed by atoms with E-state index in [-0.39, 0.29) is 11.9 Å². The SMILES string of the molecule is O=C(c1ccccc1Cl)N1CCC(n2ccnn2)C1. The molecule has 0 radical (unpaired) electrons. The first kappa shape index (κ1) is 12.2. The largest absolute Gasteiger partial charge is 0.336 e. The molecule has 1 unspecified atom stereocenters. The lowest BCUT2D eigenvalue weighted by atomic mass is 10.2. The monoisotopic (exact) mass is 276 g/mol. The first-order valence-electron chi connectivity index (χ1n) is 6.15. The minimum atomic E-state index is -0.0202. The predicted octanol–water partition coefficient (Wildman–Crippen LogP) is 2.02. The van der Waals surface area contributed by atoms with Crippen LogP contribution in [0.4, 0.5) is 0 Å². The van der Waals surface area contributed by atoms with Gasteiger partial charge in [0.2, 0.25) is 0 Å². The average Bonchev–Trinajstić information content (AvgIpc) is 3.09. The van der Waals surface area contributed by atoms with E-state index in [2.05, 4.69) is 10.3 Å². The normalized spacial score (nSPS) is 18.8. The number of likely N-dealkylation sites (tertiary alicyclic amines) is 1. The quantitative estimate of drug-likeness (QED) is 0.843. The van der Waals surface area contributed by atoms with Crippen LogP contribution in [0.2, 0.25) is 5.02 Å². The van der Waals surface area contributed by atoms with E-state index in [1.807, 2.05) is 23.2 Å². The summed E-state index contributed by atoms with van der Waals surface area (Å²) in [5.41, 5.74) is 0.559. The molecular formula is C13H13ClN4O. The van der Waals surface area contributed by atoms with Crippen LogP contribution in [0.1, 0.15) is 22.8 Å². The summed E-state index contributed by atoms with van der Waals surface area (Å²) in [7, 11) is 0. The number of hydrogen-bond acceptors (Lipinski definition) is 3. The lowest BCUT2D eigenvalue weighted by molar-refractivity contribution is 0.0787. The molecule has 1 aliphatic heterocycles. The molecule has 2 aromatic rings. The van der Waals surface area contributed by atoms with Gasteiger partial charge in [0.1, 0.15) is 0 Å². The Morgan fingerprint density at radius 1 is 1.37 bits per heavy atom. The second-order valence-electron chi connectivity index (χ2n) is 4.56. The molecule has 98 valence electrons. The number of rotatable bonds is 2. The number of carbonyl (C=O) groups is 1. The number of benzene rings is 1. The van der Waals surface area contributed by atoms with Crippen LogP contribution in [0.5, 0.6) is 0 Å². The van der Waals surface area contributed by atoms with Gasteiger partial charge in [-0.2, -0.15) is 0 Å². The molecule has 1 saturated heterocycles. The molecule has 0 N–H and O–H groups in total. The second-order valence-corrected chi connectivity index (χ2v) is 4.96. The van der Waals surface area contributed by atoms with Crippen LogP contribution in [0.3, 0.4) is 0 Å². The summed E-state index contributed by atoms with van der Waals surface area (Å²) in [6.45, 7) is 1.36. The van der Waals surface area contributed by atoms with E-state index in [0.717, 1.165) is 6.42 Å². The van der Waals surface area contributed by atoms with Crippen LogP contribution < -0.4 is 0 Å². The highest BCUT2D eigenvalue weighted by Crippen LogP contribution is 2.24. The van der Waals surface area contributed by atoms with Gasteiger partial charge in [0, 0.05) is 19.3 Å². The van der Waals surface area contributed by atoms with Gasteiger partial charge in [0.05, 0.1) is 22.8 Å².